The maximum absolute atomic E-state index is 13.2. The van der Waals surface area contributed by atoms with Gasteiger partial charge in [0, 0.05) is 46.2 Å². The predicted octanol–water partition coefficient (Wildman–Crippen LogP) is 5.83. The summed E-state index contributed by atoms with van der Waals surface area (Å²) in [4.78, 5) is 22.7. The number of hydrogen-bond donors (Lipinski definition) is 1. The van der Waals surface area contributed by atoms with E-state index in [4.69, 9.17) is 4.98 Å². The van der Waals surface area contributed by atoms with Gasteiger partial charge in [0.2, 0.25) is 0 Å². The van der Waals surface area contributed by atoms with E-state index in [1.165, 1.54) is 5.69 Å². The number of Topliss-reactive ketones (excluding diaryl/α,β-unsaturated/α-hetero) is 1. The normalized spacial score (nSPS) is 24.7. The van der Waals surface area contributed by atoms with Gasteiger partial charge in [0.1, 0.15) is 5.82 Å². The molecule has 6 rings (SSSR count). The van der Waals surface area contributed by atoms with Crippen LogP contribution >= 0.6 is 0 Å². The van der Waals surface area contributed by atoms with Gasteiger partial charge in [-0.2, -0.15) is 0 Å². The maximum atomic E-state index is 13.2. The lowest BCUT2D eigenvalue weighted by Crippen LogP contribution is -2.50. The Kier molecular flexibility index (Phi) is 5.14. The van der Waals surface area contributed by atoms with Crippen molar-refractivity contribution in [1.82, 2.24) is 14.5 Å². The van der Waals surface area contributed by atoms with Gasteiger partial charge in [-0.15, -0.1) is 0 Å². The Morgan fingerprint density at radius 3 is 2.37 bits per heavy atom. The molecule has 174 valence electrons. The van der Waals surface area contributed by atoms with Crippen LogP contribution in [0.1, 0.15) is 36.7 Å². The average Bonchev–Trinajstić information content (AvgIpc) is 3.32. The fourth-order valence-electron chi connectivity index (χ4n) is 6.36. The Morgan fingerprint density at radius 1 is 1.00 bits per heavy atom. The minimum Gasteiger partial charge on any atom is -0.515 e. The molecule has 4 aromatic rings. The molecule has 0 saturated heterocycles. The number of ketones is 1. The molecule has 2 aromatic carbocycles. The van der Waals surface area contributed by atoms with Crippen LogP contribution in [-0.2, 0) is 16.6 Å². The van der Waals surface area contributed by atoms with Crippen molar-refractivity contribution >= 4 is 5.78 Å². The molecule has 1 fully saturated rings. The van der Waals surface area contributed by atoms with Crippen LogP contribution in [0.4, 0.5) is 0 Å². The van der Waals surface area contributed by atoms with Crippen LogP contribution in [0.3, 0.4) is 0 Å². The van der Waals surface area contributed by atoms with Gasteiger partial charge in [0.05, 0.1) is 12.0 Å². The summed E-state index contributed by atoms with van der Waals surface area (Å²) in [6, 6.07) is 24.7. The van der Waals surface area contributed by atoms with E-state index in [0.29, 0.717) is 12.0 Å². The third kappa shape index (κ3) is 3.18. The topological polar surface area (TPSA) is 68.0 Å². The van der Waals surface area contributed by atoms with Gasteiger partial charge < -0.3 is 5.11 Å². The zero-order valence-corrected chi connectivity index (χ0v) is 19.6. The highest BCUT2D eigenvalue weighted by Gasteiger charge is 2.55. The van der Waals surface area contributed by atoms with Crippen LogP contribution in [0.15, 0.2) is 97.0 Å². The summed E-state index contributed by atoms with van der Waals surface area (Å²) in [6.45, 7) is 2.01. The SMILES string of the molecule is C[C@@H]1C(=O)/C(=C\O)C[C@]2(c3ccccc3)c3nc(-c4ccncc4)n(-c4ccccc4)c3CC[C@@H]12. The lowest BCUT2D eigenvalue weighted by molar-refractivity contribution is -0.123. The molecule has 35 heavy (non-hydrogen) atoms. The summed E-state index contributed by atoms with van der Waals surface area (Å²) in [5.74, 6) is 0.808. The Hall–Kier alpha value is -3.99. The summed E-state index contributed by atoms with van der Waals surface area (Å²) < 4.78 is 2.27. The fraction of sp³-hybridized carbons (Fsp3) is 0.233. The molecule has 2 aliphatic carbocycles. The van der Waals surface area contributed by atoms with Crippen molar-refractivity contribution in [3.05, 3.63) is 114 Å². The average molecular weight is 462 g/mol. The van der Waals surface area contributed by atoms with Gasteiger partial charge in [0.15, 0.2) is 5.78 Å². The molecular weight excluding hydrogens is 434 g/mol. The van der Waals surface area contributed by atoms with Crippen molar-refractivity contribution in [3.8, 4) is 17.1 Å². The molecule has 3 atom stereocenters. The van der Waals surface area contributed by atoms with Crippen LogP contribution < -0.4 is 0 Å². The van der Waals surface area contributed by atoms with E-state index in [0.717, 1.165) is 47.4 Å². The third-order valence-electron chi connectivity index (χ3n) is 7.92. The monoisotopic (exact) mass is 461 g/mol. The number of carbonyl (C=O) groups is 1. The Bertz CT molecular complexity index is 1410. The highest BCUT2D eigenvalue weighted by molar-refractivity contribution is 5.98. The molecule has 0 unspecified atom stereocenters. The smallest absolute Gasteiger partial charge is 0.165 e. The molecule has 0 aliphatic heterocycles. The number of hydrogen-bond acceptors (Lipinski definition) is 4. The number of benzene rings is 2. The highest BCUT2D eigenvalue weighted by Crippen LogP contribution is 2.56. The molecule has 0 spiro atoms. The van der Waals surface area contributed by atoms with E-state index in [-0.39, 0.29) is 17.6 Å². The molecule has 0 radical (unpaired) electrons. The van der Waals surface area contributed by atoms with E-state index in [2.05, 4.69) is 45.9 Å². The van der Waals surface area contributed by atoms with E-state index >= 15 is 0 Å². The van der Waals surface area contributed by atoms with Crippen molar-refractivity contribution in [2.24, 2.45) is 11.8 Å². The molecule has 5 heteroatoms. The predicted molar refractivity (Wildman–Crippen MR) is 135 cm³/mol. The maximum Gasteiger partial charge on any atom is 0.165 e. The van der Waals surface area contributed by atoms with Gasteiger partial charge in [0.25, 0.3) is 0 Å². The zero-order chi connectivity index (χ0) is 24.0. The van der Waals surface area contributed by atoms with Crippen LogP contribution in [0, 0.1) is 11.8 Å². The highest BCUT2D eigenvalue weighted by atomic mass is 16.2. The quantitative estimate of drug-likeness (QED) is 0.308. The summed E-state index contributed by atoms with van der Waals surface area (Å²) in [5, 5.41) is 10.1. The largest absolute Gasteiger partial charge is 0.515 e. The second-order valence-electron chi connectivity index (χ2n) is 9.60. The molecule has 2 heterocycles. The van der Waals surface area contributed by atoms with Gasteiger partial charge in [-0.1, -0.05) is 55.5 Å². The number of aliphatic hydroxyl groups excluding tert-OH is 1. The zero-order valence-electron chi connectivity index (χ0n) is 19.6. The third-order valence-corrected chi connectivity index (χ3v) is 7.92. The molecule has 1 N–H and O–H groups in total. The van der Waals surface area contributed by atoms with Gasteiger partial charge in [-0.3, -0.25) is 14.3 Å². The van der Waals surface area contributed by atoms with Gasteiger partial charge >= 0.3 is 0 Å². The first-order valence-electron chi connectivity index (χ1n) is 12.2. The Labute approximate surface area is 204 Å². The summed E-state index contributed by atoms with van der Waals surface area (Å²) in [7, 11) is 0. The van der Waals surface area contributed by atoms with Crippen LogP contribution in [0.25, 0.3) is 17.1 Å². The molecule has 0 bridgehead atoms. The second kappa shape index (κ2) is 8.35. The number of carbonyl (C=O) groups excluding carboxylic acids is 1. The van der Waals surface area contributed by atoms with Crippen molar-refractivity contribution in [1.29, 1.82) is 0 Å². The lowest BCUT2D eigenvalue weighted by atomic mass is 9.52. The number of pyridine rings is 1. The van der Waals surface area contributed by atoms with Crippen molar-refractivity contribution in [2.45, 2.75) is 31.6 Å². The molecular formula is C30H27N3O2. The summed E-state index contributed by atoms with van der Waals surface area (Å²) in [6.07, 6.45) is 6.76. The number of aliphatic hydroxyl groups is 1. The van der Waals surface area contributed by atoms with Gasteiger partial charge in [-0.25, -0.2) is 4.98 Å². The fourth-order valence-corrected chi connectivity index (χ4v) is 6.36. The first-order valence-corrected chi connectivity index (χ1v) is 12.2. The van der Waals surface area contributed by atoms with E-state index in [1.807, 2.05) is 43.3 Å². The number of imidazole rings is 1. The second-order valence-corrected chi connectivity index (χ2v) is 9.60. The van der Waals surface area contributed by atoms with Gasteiger partial charge in [-0.05, 0) is 55.0 Å². The first kappa shape index (κ1) is 21.5. The van der Waals surface area contributed by atoms with E-state index in [9.17, 15) is 9.90 Å². The number of nitrogens with zero attached hydrogens (tertiary/aromatic N) is 3. The number of rotatable bonds is 3. The number of fused-ring (bicyclic) bond motifs is 3. The molecule has 1 saturated carbocycles. The minimum absolute atomic E-state index is 0.0457. The molecule has 5 nitrogen and oxygen atoms in total. The van der Waals surface area contributed by atoms with Crippen molar-refractivity contribution < 1.29 is 9.90 Å². The van der Waals surface area contributed by atoms with Crippen LogP contribution in [0.2, 0.25) is 0 Å². The molecule has 2 aliphatic rings. The Morgan fingerprint density at radius 2 is 1.69 bits per heavy atom. The Balaban J connectivity index is 1.69. The number of allylic oxidation sites excluding steroid dienone is 1. The first-order chi connectivity index (χ1) is 17.1. The van der Waals surface area contributed by atoms with E-state index < -0.39 is 5.41 Å². The number of aromatic nitrogens is 3. The van der Waals surface area contributed by atoms with E-state index in [1.54, 1.807) is 12.4 Å². The number of para-hydroxylation sites is 1. The molecule has 2 aromatic heterocycles. The van der Waals surface area contributed by atoms with Crippen molar-refractivity contribution in [2.75, 3.05) is 0 Å². The standard InChI is InChI=1S/C30H27N3O2/c1-20-25-12-13-26-28(30(25,18-22(19-34)27(20)35)23-8-4-2-5-9-23)32-29(21-14-16-31-17-15-21)33(26)24-10-6-3-7-11-24/h2-11,14-17,19-20,25,34H,12-13,18H2,1H3/b22-19-/t20-,25-,30+/m0/s1. The summed E-state index contributed by atoms with van der Waals surface area (Å²) >= 11 is 0. The minimum atomic E-state index is -0.501. The lowest BCUT2D eigenvalue weighted by Gasteiger charge is -2.49. The summed E-state index contributed by atoms with van der Waals surface area (Å²) in [5.41, 5.74) is 5.35. The van der Waals surface area contributed by atoms with Crippen LogP contribution in [0.5, 0.6) is 0 Å². The van der Waals surface area contributed by atoms with Crippen LogP contribution in [-0.4, -0.2) is 25.4 Å². The van der Waals surface area contributed by atoms with Crippen molar-refractivity contribution in [3.63, 3.8) is 0 Å². The molecule has 0 amide bonds.